The molecule has 0 aliphatic heterocycles. The number of carbonyl (C=O) groups is 1. The molecule has 0 atom stereocenters. The highest BCUT2D eigenvalue weighted by atomic mass is 35.5. The molecule has 0 radical (unpaired) electrons. The summed E-state index contributed by atoms with van der Waals surface area (Å²) >= 11 is 5.76. The maximum Gasteiger partial charge on any atom is 0.251 e. The summed E-state index contributed by atoms with van der Waals surface area (Å²) in [6.45, 7) is 0. The first-order valence-corrected chi connectivity index (χ1v) is 6.19. The number of halogens is 1. The average Bonchev–Trinajstić information content (AvgIpc) is 2.46. The Bertz CT molecular complexity index is 591. The van der Waals surface area contributed by atoms with Crippen molar-refractivity contribution in [1.82, 2.24) is 10.3 Å². The van der Waals surface area contributed by atoms with E-state index < -0.39 is 0 Å². The Morgan fingerprint density at radius 1 is 1.21 bits per heavy atom. The SMILES string of the molecule is CNC(=O)C(=Cc1ccccc1)c1ccc(Cl)nc1. The van der Waals surface area contributed by atoms with Crippen LogP contribution in [0.1, 0.15) is 11.1 Å². The van der Waals surface area contributed by atoms with Gasteiger partial charge in [-0.2, -0.15) is 0 Å². The van der Waals surface area contributed by atoms with Crippen molar-refractivity contribution in [2.24, 2.45) is 0 Å². The van der Waals surface area contributed by atoms with Crippen LogP contribution in [0.4, 0.5) is 0 Å². The van der Waals surface area contributed by atoms with Gasteiger partial charge in [-0.1, -0.05) is 41.9 Å². The molecule has 1 aromatic heterocycles. The lowest BCUT2D eigenvalue weighted by Gasteiger charge is -2.06. The van der Waals surface area contributed by atoms with Crippen molar-refractivity contribution in [2.75, 3.05) is 7.05 Å². The van der Waals surface area contributed by atoms with E-state index in [2.05, 4.69) is 10.3 Å². The average molecular weight is 273 g/mol. The Hall–Kier alpha value is -2.13. The first kappa shape index (κ1) is 13.3. The van der Waals surface area contributed by atoms with Crippen LogP contribution in [0.15, 0.2) is 48.7 Å². The van der Waals surface area contributed by atoms with E-state index in [-0.39, 0.29) is 5.91 Å². The van der Waals surface area contributed by atoms with E-state index >= 15 is 0 Å². The number of rotatable bonds is 3. The van der Waals surface area contributed by atoms with Gasteiger partial charge in [-0.05, 0) is 23.8 Å². The van der Waals surface area contributed by atoms with Crippen LogP contribution in [0.2, 0.25) is 5.15 Å². The zero-order chi connectivity index (χ0) is 13.7. The first-order chi connectivity index (χ1) is 9.20. The van der Waals surface area contributed by atoms with Crippen molar-refractivity contribution >= 4 is 29.2 Å². The van der Waals surface area contributed by atoms with E-state index in [1.807, 2.05) is 36.4 Å². The lowest BCUT2D eigenvalue weighted by atomic mass is 10.0. The van der Waals surface area contributed by atoms with Crippen LogP contribution in [0, 0.1) is 0 Å². The molecule has 0 fully saturated rings. The van der Waals surface area contributed by atoms with Gasteiger partial charge in [0.15, 0.2) is 0 Å². The molecule has 0 spiro atoms. The molecule has 0 unspecified atom stereocenters. The number of hydrogen-bond donors (Lipinski definition) is 1. The number of carbonyl (C=O) groups excluding carboxylic acids is 1. The largest absolute Gasteiger partial charge is 0.355 e. The highest BCUT2D eigenvalue weighted by Crippen LogP contribution is 2.19. The summed E-state index contributed by atoms with van der Waals surface area (Å²) < 4.78 is 0. The molecule has 0 aliphatic rings. The van der Waals surface area contributed by atoms with Crippen LogP contribution >= 0.6 is 11.6 Å². The normalized spacial score (nSPS) is 11.2. The highest BCUT2D eigenvalue weighted by Gasteiger charge is 2.10. The molecule has 1 aromatic carbocycles. The van der Waals surface area contributed by atoms with Crippen LogP contribution in [0.3, 0.4) is 0 Å². The van der Waals surface area contributed by atoms with E-state index in [1.54, 1.807) is 25.4 Å². The number of aromatic nitrogens is 1. The fraction of sp³-hybridized carbons (Fsp3) is 0.0667. The maximum atomic E-state index is 12.0. The quantitative estimate of drug-likeness (QED) is 0.689. The van der Waals surface area contributed by atoms with Crippen molar-refractivity contribution < 1.29 is 4.79 Å². The topological polar surface area (TPSA) is 42.0 Å². The monoisotopic (exact) mass is 272 g/mol. The third kappa shape index (κ3) is 3.42. The van der Waals surface area contributed by atoms with Crippen LogP contribution in [0.5, 0.6) is 0 Å². The second kappa shape index (κ2) is 6.16. The van der Waals surface area contributed by atoms with Crippen LogP contribution < -0.4 is 5.32 Å². The first-order valence-electron chi connectivity index (χ1n) is 5.81. The van der Waals surface area contributed by atoms with Gasteiger partial charge in [-0.3, -0.25) is 4.79 Å². The molecule has 1 amide bonds. The zero-order valence-electron chi connectivity index (χ0n) is 10.4. The second-order valence-corrected chi connectivity index (χ2v) is 4.30. The molecule has 0 aliphatic carbocycles. The molecule has 0 saturated heterocycles. The standard InChI is InChI=1S/C15H13ClN2O/c1-17-15(19)13(9-11-5-3-2-4-6-11)12-7-8-14(16)18-10-12/h2-10H,1H3,(H,17,19). The van der Waals surface area contributed by atoms with Gasteiger partial charge < -0.3 is 5.32 Å². The van der Waals surface area contributed by atoms with E-state index in [9.17, 15) is 4.79 Å². The lowest BCUT2D eigenvalue weighted by molar-refractivity contribution is -0.115. The third-order valence-corrected chi connectivity index (χ3v) is 2.84. The smallest absolute Gasteiger partial charge is 0.251 e. The molecule has 1 heterocycles. The lowest BCUT2D eigenvalue weighted by Crippen LogP contribution is -2.19. The summed E-state index contributed by atoms with van der Waals surface area (Å²) in [5, 5.41) is 3.03. The summed E-state index contributed by atoms with van der Waals surface area (Å²) in [6.07, 6.45) is 3.41. The molecule has 2 rings (SSSR count). The number of nitrogens with one attached hydrogen (secondary N) is 1. The Balaban J connectivity index is 2.45. The summed E-state index contributed by atoms with van der Waals surface area (Å²) in [4.78, 5) is 16.0. The molecule has 0 bridgehead atoms. The van der Waals surface area contributed by atoms with E-state index in [0.29, 0.717) is 10.7 Å². The maximum absolute atomic E-state index is 12.0. The van der Waals surface area contributed by atoms with Crippen molar-refractivity contribution in [3.63, 3.8) is 0 Å². The summed E-state index contributed by atoms with van der Waals surface area (Å²) in [7, 11) is 1.60. The second-order valence-electron chi connectivity index (χ2n) is 3.92. The van der Waals surface area contributed by atoms with Crippen LogP contribution in [-0.2, 0) is 4.79 Å². The van der Waals surface area contributed by atoms with Gasteiger partial charge in [0.1, 0.15) is 5.15 Å². The Labute approximate surface area is 116 Å². The highest BCUT2D eigenvalue weighted by molar-refractivity contribution is 6.29. The Morgan fingerprint density at radius 2 is 1.95 bits per heavy atom. The predicted octanol–water partition coefficient (Wildman–Crippen LogP) is 3.02. The van der Waals surface area contributed by atoms with Crippen molar-refractivity contribution in [3.05, 3.63) is 64.9 Å². The third-order valence-electron chi connectivity index (χ3n) is 2.62. The van der Waals surface area contributed by atoms with Gasteiger partial charge in [-0.15, -0.1) is 0 Å². The molecular formula is C15H13ClN2O. The number of benzene rings is 1. The van der Waals surface area contributed by atoms with Crippen molar-refractivity contribution in [2.45, 2.75) is 0 Å². The minimum Gasteiger partial charge on any atom is -0.355 e. The Morgan fingerprint density at radius 3 is 2.53 bits per heavy atom. The molecule has 2 aromatic rings. The van der Waals surface area contributed by atoms with Gasteiger partial charge in [0.2, 0.25) is 0 Å². The summed E-state index contributed by atoms with van der Waals surface area (Å²) in [6, 6.07) is 13.1. The van der Waals surface area contributed by atoms with Gasteiger partial charge >= 0.3 is 0 Å². The molecule has 0 saturated carbocycles. The number of likely N-dealkylation sites (N-methyl/N-ethyl adjacent to an activating group) is 1. The fourth-order valence-electron chi connectivity index (χ4n) is 1.67. The van der Waals surface area contributed by atoms with Gasteiger partial charge in [0.05, 0.1) is 0 Å². The van der Waals surface area contributed by atoms with E-state index in [4.69, 9.17) is 11.6 Å². The number of hydrogen-bond acceptors (Lipinski definition) is 2. The van der Waals surface area contributed by atoms with Gasteiger partial charge in [0.25, 0.3) is 5.91 Å². The molecule has 3 nitrogen and oxygen atoms in total. The van der Waals surface area contributed by atoms with E-state index in [0.717, 1.165) is 11.1 Å². The number of nitrogens with zero attached hydrogens (tertiary/aromatic N) is 1. The minimum atomic E-state index is -0.159. The van der Waals surface area contributed by atoms with Crippen molar-refractivity contribution in [1.29, 1.82) is 0 Å². The molecule has 4 heteroatoms. The van der Waals surface area contributed by atoms with Gasteiger partial charge in [-0.25, -0.2) is 4.98 Å². The van der Waals surface area contributed by atoms with Gasteiger partial charge in [0, 0.05) is 24.4 Å². The number of pyridine rings is 1. The van der Waals surface area contributed by atoms with E-state index in [1.165, 1.54) is 0 Å². The molecule has 1 N–H and O–H groups in total. The summed E-state index contributed by atoms with van der Waals surface area (Å²) in [5.41, 5.74) is 2.24. The van der Waals surface area contributed by atoms with Crippen LogP contribution in [0.25, 0.3) is 11.6 Å². The number of amides is 1. The predicted molar refractivity (Wildman–Crippen MR) is 77.6 cm³/mol. The fourth-order valence-corrected chi connectivity index (χ4v) is 1.78. The van der Waals surface area contributed by atoms with Crippen molar-refractivity contribution in [3.8, 4) is 0 Å². The Kier molecular flexibility index (Phi) is 4.31. The minimum absolute atomic E-state index is 0.159. The zero-order valence-corrected chi connectivity index (χ0v) is 11.2. The molecular weight excluding hydrogens is 260 g/mol. The molecule has 19 heavy (non-hydrogen) atoms. The summed E-state index contributed by atoms with van der Waals surface area (Å²) in [5.74, 6) is -0.159. The van der Waals surface area contributed by atoms with Crippen LogP contribution in [-0.4, -0.2) is 17.9 Å². The molecule has 96 valence electrons.